The van der Waals surface area contributed by atoms with E-state index in [1.165, 1.54) is 0 Å². The number of hydrogen-bond acceptors (Lipinski definition) is 3. The minimum atomic E-state index is -0.125. The highest BCUT2D eigenvalue weighted by Gasteiger charge is 2.27. The number of Topliss-reactive ketones (excluding diaryl/α,β-unsaturated/α-hetero) is 1. The van der Waals surface area contributed by atoms with Gasteiger partial charge in [0.2, 0.25) is 5.91 Å². The average molecular weight is 297 g/mol. The molecule has 22 heavy (non-hydrogen) atoms. The highest BCUT2D eigenvalue weighted by atomic mass is 16.2. The molecule has 2 aromatic rings. The van der Waals surface area contributed by atoms with Crippen molar-refractivity contribution >= 4 is 11.7 Å². The second-order valence-corrected chi connectivity index (χ2v) is 5.65. The zero-order chi connectivity index (χ0) is 15.4. The summed E-state index contributed by atoms with van der Waals surface area (Å²) in [6.45, 7) is 0.573. The Morgan fingerprint density at radius 3 is 2.86 bits per heavy atom. The van der Waals surface area contributed by atoms with E-state index in [-0.39, 0.29) is 17.6 Å². The molecule has 114 valence electrons. The zero-order valence-corrected chi connectivity index (χ0v) is 12.4. The van der Waals surface area contributed by atoms with E-state index in [4.69, 9.17) is 0 Å². The lowest BCUT2D eigenvalue weighted by atomic mass is 10.1. The first-order valence-electron chi connectivity index (χ1n) is 7.61. The van der Waals surface area contributed by atoms with Crippen molar-refractivity contribution in [3.63, 3.8) is 0 Å². The number of carbonyl (C=O) groups is 2. The molecule has 0 unspecified atom stereocenters. The second kappa shape index (κ2) is 6.56. The molecule has 1 aliphatic rings. The highest BCUT2D eigenvalue weighted by molar-refractivity contribution is 5.89. The molecule has 1 fully saturated rings. The second-order valence-electron chi connectivity index (χ2n) is 5.65. The highest BCUT2D eigenvalue weighted by Crippen LogP contribution is 2.21. The van der Waals surface area contributed by atoms with Gasteiger partial charge in [-0.1, -0.05) is 18.2 Å². The number of ketones is 1. The number of nitrogens with zero attached hydrogens (tertiary/aromatic N) is 2. The van der Waals surface area contributed by atoms with Crippen LogP contribution in [-0.4, -0.2) is 28.0 Å². The van der Waals surface area contributed by atoms with Crippen molar-refractivity contribution in [1.29, 1.82) is 0 Å². The first-order valence-corrected chi connectivity index (χ1v) is 7.61. The summed E-state index contributed by atoms with van der Waals surface area (Å²) in [5, 5.41) is 7.25. The number of aromatic nitrogens is 2. The minimum absolute atomic E-state index is 0.00120. The number of nitrogens with one attached hydrogen (secondary N) is 1. The molecule has 1 amide bonds. The Hall–Kier alpha value is -2.43. The Morgan fingerprint density at radius 2 is 2.14 bits per heavy atom. The van der Waals surface area contributed by atoms with Gasteiger partial charge in [0, 0.05) is 31.5 Å². The van der Waals surface area contributed by atoms with E-state index in [0.717, 1.165) is 17.7 Å². The predicted octanol–water partition coefficient (Wildman–Crippen LogP) is 1.90. The third-order valence-corrected chi connectivity index (χ3v) is 3.99. The summed E-state index contributed by atoms with van der Waals surface area (Å²) in [6.07, 6.45) is 6.16. The fourth-order valence-corrected chi connectivity index (χ4v) is 2.72. The SMILES string of the molecule is O=C1CC[C@@H](C(=O)NCCc2cnn(-c3ccccc3)c2)C1. The van der Waals surface area contributed by atoms with Crippen LogP contribution in [0, 0.1) is 5.92 Å². The third kappa shape index (κ3) is 3.42. The van der Waals surface area contributed by atoms with E-state index in [0.29, 0.717) is 25.8 Å². The summed E-state index contributed by atoms with van der Waals surface area (Å²) in [7, 11) is 0. The van der Waals surface area contributed by atoms with Crippen LogP contribution in [-0.2, 0) is 16.0 Å². The van der Waals surface area contributed by atoms with Gasteiger partial charge in [0.1, 0.15) is 5.78 Å². The molecule has 5 nitrogen and oxygen atoms in total. The van der Waals surface area contributed by atoms with E-state index in [1.807, 2.05) is 47.4 Å². The van der Waals surface area contributed by atoms with Gasteiger partial charge < -0.3 is 5.32 Å². The van der Waals surface area contributed by atoms with E-state index in [2.05, 4.69) is 10.4 Å². The molecule has 0 saturated heterocycles. The minimum Gasteiger partial charge on any atom is -0.356 e. The summed E-state index contributed by atoms with van der Waals surface area (Å²) >= 11 is 0. The molecule has 0 spiro atoms. The molecule has 5 heteroatoms. The van der Waals surface area contributed by atoms with Crippen molar-refractivity contribution < 1.29 is 9.59 Å². The van der Waals surface area contributed by atoms with Crippen molar-refractivity contribution in [2.75, 3.05) is 6.54 Å². The first kappa shape index (κ1) is 14.5. The molecule has 0 aliphatic heterocycles. The van der Waals surface area contributed by atoms with Crippen LogP contribution in [0.15, 0.2) is 42.7 Å². The molecule has 1 aromatic carbocycles. The lowest BCUT2D eigenvalue weighted by molar-refractivity contribution is -0.126. The van der Waals surface area contributed by atoms with Gasteiger partial charge >= 0.3 is 0 Å². The molecule has 1 N–H and O–H groups in total. The summed E-state index contributed by atoms with van der Waals surface area (Å²) in [6, 6.07) is 9.90. The van der Waals surface area contributed by atoms with Gasteiger partial charge in [-0.15, -0.1) is 0 Å². The van der Waals surface area contributed by atoms with Crippen LogP contribution < -0.4 is 5.32 Å². The number of hydrogen-bond donors (Lipinski definition) is 1. The smallest absolute Gasteiger partial charge is 0.223 e. The fraction of sp³-hybridized carbons (Fsp3) is 0.353. The number of para-hydroxylation sites is 1. The predicted molar refractivity (Wildman–Crippen MR) is 82.6 cm³/mol. The maximum absolute atomic E-state index is 11.9. The lowest BCUT2D eigenvalue weighted by Crippen LogP contribution is -2.31. The van der Waals surface area contributed by atoms with Gasteiger partial charge in [-0.25, -0.2) is 4.68 Å². The van der Waals surface area contributed by atoms with Crippen LogP contribution in [0.4, 0.5) is 0 Å². The zero-order valence-electron chi connectivity index (χ0n) is 12.4. The van der Waals surface area contributed by atoms with Crippen LogP contribution in [0.1, 0.15) is 24.8 Å². The standard InChI is InChI=1S/C17H19N3O2/c21-16-7-6-14(10-16)17(22)18-9-8-13-11-19-20(12-13)15-4-2-1-3-5-15/h1-5,11-12,14H,6-10H2,(H,18,22)/t14-/m1/s1. The van der Waals surface area contributed by atoms with Gasteiger partial charge in [0.25, 0.3) is 0 Å². The number of benzene rings is 1. The fourth-order valence-electron chi connectivity index (χ4n) is 2.72. The molecule has 1 aliphatic carbocycles. The first-order chi connectivity index (χ1) is 10.7. The number of rotatable bonds is 5. The number of amides is 1. The van der Waals surface area contributed by atoms with Crippen LogP contribution >= 0.6 is 0 Å². The van der Waals surface area contributed by atoms with Crippen molar-refractivity contribution in [1.82, 2.24) is 15.1 Å². The van der Waals surface area contributed by atoms with Crippen molar-refractivity contribution in [2.45, 2.75) is 25.7 Å². The van der Waals surface area contributed by atoms with Gasteiger partial charge in [-0.3, -0.25) is 9.59 Å². The van der Waals surface area contributed by atoms with Gasteiger partial charge in [0.15, 0.2) is 0 Å². The molecular weight excluding hydrogens is 278 g/mol. The molecule has 3 rings (SSSR count). The van der Waals surface area contributed by atoms with Crippen LogP contribution in [0.25, 0.3) is 5.69 Å². The van der Waals surface area contributed by atoms with Gasteiger partial charge in [-0.05, 0) is 30.5 Å². The Balaban J connectivity index is 1.49. The summed E-state index contributed by atoms with van der Waals surface area (Å²) in [4.78, 5) is 23.1. The summed E-state index contributed by atoms with van der Waals surface area (Å²) < 4.78 is 1.83. The van der Waals surface area contributed by atoms with Crippen LogP contribution in [0.3, 0.4) is 0 Å². The Morgan fingerprint density at radius 1 is 1.32 bits per heavy atom. The van der Waals surface area contributed by atoms with Crippen molar-refractivity contribution in [3.05, 3.63) is 48.3 Å². The quantitative estimate of drug-likeness (QED) is 0.916. The molecular formula is C17H19N3O2. The van der Waals surface area contributed by atoms with Gasteiger partial charge in [0.05, 0.1) is 11.9 Å². The van der Waals surface area contributed by atoms with E-state index >= 15 is 0 Å². The van der Waals surface area contributed by atoms with E-state index < -0.39 is 0 Å². The summed E-state index contributed by atoms with van der Waals surface area (Å²) in [5.41, 5.74) is 2.09. The molecule has 1 aromatic heterocycles. The Kier molecular flexibility index (Phi) is 4.32. The molecule has 1 heterocycles. The largest absolute Gasteiger partial charge is 0.356 e. The monoisotopic (exact) mass is 297 g/mol. The van der Waals surface area contributed by atoms with Gasteiger partial charge in [-0.2, -0.15) is 5.10 Å². The lowest BCUT2D eigenvalue weighted by Gasteiger charge is -2.08. The Bertz CT molecular complexity index is 664. The topological polar surface area (TPSA) is 64.0 Å². The van der Waals surface area contributed by atoms with Crippen LogP contribution in [0.2, 0.25) is 0 Å². The molecule has 0 bridgehead atoms. The maximum atomic E-state index is 11.9. The molecule has 0 radical (unpaired) electrons. The summed E-state index contributed by atoms with van der Waals surface area (Å²) in [5.74, 6) is 0.0742. The van der Waals surface area contributed by atoms with Crippen LogP contribution in [0.5, 0.6) is 0 Å². The normalized spacial score (nSPS) is 17.6. The van der Waals surface area contributed by atoms with E-state index in [9.17, 15) is 9.59 Å². The Labute approximate surface area is 129 Å². The van der Waals surface area contributed by atoms with Crippen molar-refractivity contribution in [2.24, 2.45) is 5.92 Å². The average Bonchev–Trinajstić information content (AvgIpc) is 3.17. The maximum Gasteiger partial charge on any atom is 0.223 e. The number of carbonyl (C=O) groups excluding carboxylic acids is 2. The molecule has 1 saturated carbocycles. The van der Waals surface area contributed by atoms with Crippen molar-refractivity contribution in [3.8, 4) is 5.69 Å². The molecule has 1 atom stereocenters. The third-order valence-electron chi connectivity index (χ3n) is 3.99. The van der Waals surface area contributed by atoms with E-state index in [1.54, 1.807) is 0 Å².